The van der Waals surface area contributed by atoms with Crippen molar-refractivity contribution in [3.8, 4) is 5.75 Å². The highest BCUT2D eigenvalue weighted by molar-refractivity contribution is 5.63. The number of nitrogens with two attached hydrogens (primary N) is 1. The standard InChI is InChI=1S/C12H21N5O/c1-9-7-16(2)5-4-6-17(9)12-10(18-3)11(13)14-8-15-12/h8-9H,4-7H2,1-3H3,(H2,13,14,15). The number of likely N-dealkylation sites (N-methyl/N-ethyl adjacent to an activating group) is 1. The zero-order valence-corrected chi connectivity index (χ0v) is 11.3. The van der Waals surface area contributed by atoms with E-state index in [9.17, 15) is 0 Å². The van der Waals surface area contributed by atoms with E-state index in [1.807, 2.05) is 0 Å². The topological polar surface area (TPSA) is 67.5 Å². The summed E-state index contributed by atoms with van der Waals surface area (Å²) in [5, 5.41) is 0. The highest BCUT2D eigenvalue weighted by Gasteiger charge is 2.24. The minimum atomic E-state index is 0.376. The van der Waals surface area contributed by atoms with Gasteiger partial charge in [0.05, 0.1) is 7.11 Å². The maximum Gasteiger partial charge on any atom is 0.204 e. The molecule has 1 aliphatic rings. The molecular weight excluding hydrogens is 230 g/mol. The maximum absolute atomic E-state index is 5.84. The van der Waals surface area contributed by atoms with Crippen LogP contribution >= 0.6 is 0 Å². The monoisotopic (exact) mass is 251 g/mol. The SMILES string of the molecule is COc1c(N)ncnc1N1CCCN(C)CC1C. The quantitative estimate of drug-likeness (QED) is 0.830. The molecule has 0 aliphatic carbocycles. The van der Waals surface area contributed by atoms with Gasteiger partial charge in [-0.15, -0.1) is 0 Å². The molecule has 1 aliphatic heterocycles. The number of anilines is 2. The van der Waals surface area contributed by atoms with Crippen LogP contribution in [0.25, 0.3) is 0 Å². The smallest absolute Gasteiger partial charge is 0.204 e. The van der Waals surface area contributed by atoms with Crippen LogP contribution in [0.3, 0.4) is 0 Å². The molecule has 2 N–H and O–H groups in total. The van der Waals surface area contributed by atoms with Crippen molar-refractivity contribution in [1.29, 1.82) is 0 Å². The Bertz CT molecular complexity index is 411. The molecule has 0 spiro atoms. The fraction of sp³-hybridized carbons (Fsp3) is 0.667. The van der Waals surface area contributed by atoms with Crippen LogP contribution in [0.5, 0.6) is 5.75 Å². The van der Waals surface area contributed by atoms with Gasteiger partial charge in [-0.05, 0) is 26.9 Å². The van der Waals surface area contributed by atoms with Crippen LogP contribution in [0.1, 0.15) is 13.3 Å². The Morgan fingerprint density at radius 2 is 2.17 bits per heavy atom. The zero-order chi connectivity index (χ0) is 13.1. The summed E-state index contributed by atoms with van der Waals surface area (Å²) in [6.45, 7) is 5.26. The molecule has 1 fully saturated rings. The molecule has 6 heteroatoms. The van der Waals surface area contributed by atoms with Gasteiger partial charge in [0.1, 0.15) is 6.33 Å². The number of nitrogen functional groups attached to an aromatic ring is 1. The Kier molecular flexibility index (Phi) is 3.86. The van der Waals surface area contributed by atoms with Gasteiger partial charge in [0, 0.05) is 19.1 Å². The molecule has 0 bridgehead atoms. The second-order valence-electron chi connectivity index (χ2n) is 4.77. The predicted octanol–water partition coefficient (Wildman–Crippen LogP) is 0.598. The molecule has 1 aromatic heterocycles. The molecule has 2 heterocycles. The van der Waals surface area contributed by atoms with E-state index in [1.165, 1.54) is 6.33 Å². The van der Waals surface area contributed by atoms with Crippen molar-refractivity contribution >= 4 is 11.6 Å². The van der Waals surface area contributed by atoms with Gasteiger partial charge in [-0.3, -0.25) is 0 Å². The first kappa shape index (κ1) is 12.9. The first-order valence-electron chi connectivity index (χ1n) is 6.23. The van der Waals surface area contributed by atoms with Gasteiger partial charge in [-0.25, -0.2) is 9.97 Å². The average Bonchev–Trinajstić information content (AvgIpc) is 2.49. The Balaban J connectivity index is 2.32. The van der Waals surface area contributed by atoms with Gasteiger partial charge in [0.15, 0.2) is 11.6 Å². The van der Waals surface area contributed by atoms with E-state index < -0.39 is 0 Å². The number of aromatic nitrogens is 2. The highest BCUT2D eigenvalue weighted by Crippen LogP contribution is 2.31. The third-order valence-corrected chi connectivity index (χ3v) is 3.34. The van der Waals surface area contributed by atoms with E-state index in [0.717, 1.165) is 31.9 Å². The van der Waals surface area contributed by atoms with Crippen LogP contribution in [-0.4, -0.2) is 54.7 Å². The predicted molar refractivity (Wildman–Crippen MR) is 71.9 cm³/mol. The average molecular weight is 251 g/mol. The molecule has 18 heavy (non-hydrogen) atoms. The molecule has 6 nitrogen and oxygen atoms in total. The lowest BCUT2D eigenvalue weighted by molar-refractivity contribution is 0.336. The van der Waals surface area contributed by atoms with Crippen molar-refractivity contribution in [2.45, 2.75) is 19.4 Å². The number of ether oxygens (including phenoxy) is 1. The van der Waals surface area contributed by atoms with E-state index in [1.54, 1.807) is 7.11 Å². The molecule has 2 rings (SSSR count). The number of methoxy groups -OCH3 is 1. The van der Waals surface area contributed by atoms with Crippen molar-refractivity contribution in [3.05, 3.63) is 6.33 Å². The van der Waals surface area contributed by atoms with Gasteiger partial charge < -0.3 is 20.3 Å². The van der Waals surface area contributed by atoms with E-state index in [4.69, 9.17) is 10.5 Å². The third kappa shape index (κ3) is 2.48. The van der Waals surface area contributed by atoms with Gasteiger partial charge in [-0.2, -0.15) is 0 Å². The molecule has 1 unspecified atom stereocenters. The Hall–Kier alpha value is -1.56. The normalized spacial score (nSPS) is 21.7. The number of rotatable bonds is 2. The highest BCUT2D eigenvalue weighted by atomic mass is 16.5. The third-order valence-electron chi connectivity index (χ3n) is 3.34. The van der Waals surface area contributed by atoms with E-state index in [2.05, 4.69) is 33.7 Å². The molecule has 0 amide bonds. The van der Waals surface area contributed by atoms with Gasteiger partial charge >= 0.3 is 0 Å². The summed E-state index contributed by atoms with van der Waals surface area (Å²) in [7, 11) is 3.75. The van der Waals surface area contributed by atoms with Crippen molar-refractivity contribution in [1.82, 2.24) is 14.9 Å². The first-order valence-corrected chi connectivity index (χ1v) is 6.23. The summed E-state index contributed by atoms with van der Waals surface area (Å²) >= 11 is 0. The van der Waals surface area contributed by atoms with Gasteiger partial charge in [0.25, 0.3) is 0 Å². The van der Waals surface area contributed by atoms with Crippen LogP contribution in [0.2, 0.25) is 0 Å². The fourth-order valence-corrected chi connectivity index (χ4v) is 2.46. The molecule has 0 radical (unpaired) electrons. The molecule has 0 saturated carbocycles. The van der Waals surface area contributed by atoms with Crippen LogP contribution in [-0.2, 0) is 0 Å². The number of hydrogen-bond acceptors (Lipinski definition) is 6. The van der Waals surface area contributed by atoms with Crippen molar-refractivity contribution in [2.75, 3.05) is 44.4 Å². The van der Waals surface area contributed by atoms with Crippen LogP contribution in [0.15, 0.2) is 6.33 Å². The molecule has 1 atom stereocenters. The molecule has 1 saturated heterocycles. The Morgan fingerprint density at radius 1 is 1.39 bits per heavy atom. The summed E-state index contributed by atoms with van der Waals surface area (Å²) in [5.41, 5.74) is 5.84. The summed E-state index contributed by atoms with van der Waals surface area (Å²) in [4.78, 5) is 12.9. The summed E-state index contributed by atoms with van der Waals surface area (Å²) < 4.78 is 5.34. The minimum Gasteiger partial charge on any atom is -0.490 e. The van der Waals surface area contributed by atoms with Gasteiger partial charge in [0.2, 0.25) is 5.75 Å². The lowest BCUT2D eigenvalue weighted by Crippen LogP contribution is -2.38. The van der Waals surface area contributed by atoms with E-state index >= 15 is 0 Å². The lowest BCUT2D eigenvalue weighted by atomic mass is 10.2. The van der Waals surface area contributed by atoms with Crippen molar-refractivity contribution in [3.63, 3.8) is 0 Å². The van der Waals surface area contributed by atoms with E-state index in [0.29, 0.717) is 17.6 Å². The Labute approximate surface area is 108 Å². The number of hydrogen-bond donors (Lipinski definition) is 1. The number of nitrogens with zero attached hydrogens (tertiary/aromatic N) is 4. The van der Waals surface area contributed by atoms with Crippen LogP contribution in [0.4, 0.5) is 11.6 Å². The molecule has 1 aromatic rings. The summed E-state index contributed by atoms with van der Waals surface area (Å²) in [6, 6.07) is 0.376. The largest absolute Gasteiger partial charge is 0.490 e. The van der Waals surface area contributed by atoms with E-state index in [-0.39, 0.29) is 0 Å². The zero-order valence-electron chi connectivity index (χ0n) is 11.3. The fourth-order valence-electron chi connectivity index (χ4n) is 2.46. The van der Waals surface area contributed by atoms with Crippen LogP contribution in [0, 0.1) is 0 Å². The maximum atomic E-state index is 5.84. The first-order chi connectivity index (χ1) is 8.63. The Morgan fingerprint density at radius 3 is 2.89 bits per heavy atom. The minimum absolute atomic E-state index is 0.376. The lowest BCUT2D eigenvalue weighted by Gasteiger charge is -2.30. The van der Waals surface area contributed by atoms with Crippen molar-refractivity contribution in [2.24, 2.45) is 0 Å². The molecule has 100 valence electrons. The van der Waals surface area contributed by atoms with Crippen LogP contribution < -0.4 is 15.4 Å². The van der Waals surface area contributed by atoms with Gasteiger partial charge in [-0.1, -0.05) is 0 Å². The molecule has 0 aromatic carbocycles. The summed E-state index contributed by atoms with van der Waals surface area (Å²) in [6.07, 6.45) is 2.60. The second-order valence-corrected chi connectivity index (χ2v) is 4.77. The second kappa shape index (κ2) is 5.39. The molecular formula is C12H21N5O. The van der Waals surface area contributed by atoms with Crippen molar-refractivity contribution < 1.29 is 4.74 Å². The summed E-state index contributed by atoms with van der Waals surface area (Å²) in [5.74, 6) is 1.77.